The number of amides is 1. The minimum atomic E-state index is -0.0751. The number of carbonyl (C=O) groups excluding carboxylic acids is 1. The van der Waals surface area contributed by atoms with E-state index in [-0.39, 0.29) is 11.9 Å². The molecule has 6 heteroatoms. The summed E-state index contributed by atoms with van der Waals surface area (Å²) in [5.41, 5.74) is 0. The molecule has 20 heavy (non-hydrogen) atoms. The van der Waals surface area contributed by atoms with Gasteiger partial charge in [0.1, 0.15) is 0 Å². The van der Waals surface area contributed by atoms with Crippen LogP contribution in [0.4, 0.5) is 0 Å². The molecule has 0 bridgehead atoms. The molecular weight excluding hydrogens is 254 g/mol. The van der Waals surface area contributed by atoms with Gasteiger partial charge in [0.25, 0.3) is 0 Å². The highest BCUT2D eigenvalue weighted by atomic mass is 16.2. The SMILES string of the molecule is C[C@H](C(=O)NCCn1ccnn1)N(C)C1CCCCC1. The van der Waals surface area contributed by atoms with Crippen molar-refractivity contribution in [2.75, 3.05) is 13.6 Å². The van der Waals surface area contributed by atoms with Gasteiger partial charge in [-0.2, -0.15) is 0 Å². The maximum Gasteiger partial charge on any atom is 0.237 e. The smallest absolute Gasteiger partial charge is 0.237 e. The normalized spacial score (nSPS) is 18.1. The molecule has 0 aromatic carbocycles. The molecule has 1 aromatic rings. The van der Waals surface area contributed by atoms with E-state index in [1.807, 2.05) is 6.92 Å². The Morgan fingerprint density at radius 3 is 2.85 bits per heavy atom. The van der Waals surface area contributed by atoms with E-state index in [1.165, 1.54) is 32.1 Å². The predicted molar refractivity (Wildman–Crippen MR) is 77.1 cm³/mol. The zero-order valence-corrected chi connectivity index (χ0v) is 12.5. The van der Waals surface area contributed by atoms with Crippen LogP contribution in [-0.4, -0.2) is 51.5 Å². The summed E-state index contributed by atoms with van der Waals surface area (Å²) in [5.74, 6) is 0.0955. The van der Waals surface area contributed by atoms with Gasteiger partial charge in [-0.3, -0.25) is 14.4 Å². The molecule has 1 fully saturated rings. The van der Waals surface area contributed by atoms with Crippen LogP contribution >= 0.6 is 0 Å². The topological polar surface area (TPSA) is 63.1 Å². The predicted octanol–water partition coefficient (Wildman–Crippen LogP) is 1.05. The summed E-state index contributed by atoms with van der Waals surface area (Å²) in [4.78, 5) is 14.4. The first kappa shape index (κ1) is 15.0. The summed E-state index contributed by atoms with van der Waals surface area (Å²) in [6.07, 6.45) is 9.78. The van der Waals surface area contributed by atoms with Crippen molar-refractivity contribution < 1.29 is 4.79 Å². The van der Waals surface area contributed by atoms with E-state index >= 15 is 0 Å². The van der Waals surface area contributed by atoms with Crippen LogP contribution in [0.2, 0.25) is 0 Å². The van der Waals surface area contributed by atoms with E-state index in [1.54, 1.807) is 17.1 Å². The highest BCUT2D eigenvalue weighted by Crippen LogP contribution is 2.22. The molecule has 1 heterocycles. The second kappa shape index (κ2) is 7.38. The fraction of sp³-hybridized carbons (Fsp3) is 0.786. The summed E-state index contributed by atoms with van der Waals surface area (Å²) in [6, 6.07) is 0.480. The lowest BCUT2D eigenvalue weighted by atomic mass is 9.93. The average Bonchev–Trinajstić information content (AvgIpc) is 2.99. The van der Waals surface area contributed by atoms with Gasteiger partial charge < -0.3 is 5.32 Å². The van der Waals surface area contributed by atoms with E-state index in [0.717, 1.165) is 0 Å². The van der Waals surface area contributed by atoms with Gasteiger partial charge in [-0.05, 0) is 26.8 Å². The van der Waals surface area contributed by atoms with E-state index in [4.69, 9.17) is 0 Å². The molecule has 6 nitrogen and oxygen atoms in total. The number of aromatic nitrogens is 3. The number of hydrogen-bond acceptors (Lipinski definition) is 4. The van der Waals surface area contributed by atoms with Crippen LogP contribution in [0, 0.1) is 0 Å². The summed E-state index contributed by atoms with van der Waals surface area (Å²) in [7, 11) is 2.07. The Labute approximate surface area is 120 Å². The molecular formula is C14H25N5O. The molecule has 112 valence electrons. The Morgan fingerprint density at radius 1 is 1.45 bits per heavy atom. The van der Waals surface area contributed by atoms with Gasteiger partial charge in [-0.25, -0.2) is 0 Å². The number of rotatable bonds is 6. The molecule has 1 aliphatic rings. The quantitative estimate of drug-likeness (QED) is 0.845. The second-order valence-electron chi connectivity index (χ2n) is 5.59. The van der Waals surface area contributed by atoms with E-state index in [9.17, 15) is 4.79 Å². The standard InChI is InChI=1S/C14H25N5O/c1-12(18(2)13-6-4-3-5-7-13)14(20)15-8-10-19-11-9-16-17-19/h9,11-13H,3-8,10H2,1-2H3,(H,15,20)/t12-/m1/s1. The first-order valence-electron chi connectivity index (χ1n) is 7.52. The molecule has 1 saturated carbocycles. The average molecular weight is 279 g/mol. The highest BCUT2D eigenvalue weighted by Gasteiger charge is 2.25. The van der Waals surface area contributed by atoms with Crippen LogP contribution in [0.15, 0.2) is 12.4 Å². The fourth-order valence-electron chi connectivity index (χ4n) is 2.78. The number of likely N-dealkylation sites (N-methyl/N-ethyl adjacent to an activating group) is 1. The van der Waals surface area contributed by atoms with Crippen molar-refractivity contribution in [2.24, 2.45) is 0 Å². The van der Waals surface area contributed by atoms with Crippen LogP contribution in [0.25, 0.3) is 0 Å². The van der Waals surface area contributed by atoms with Gasteiger partial charge in [-0.1, -0.05) is 24.5 Å². The van der Waals surface area contributed by atoms with Crippen molar-refractivity contribution >= 4 is 5.91 Å². The minimum Gasteiger partial charge on any atom is -0.353 e. The molecule has 1 aliphatic carbocycles. The lowest BCUT2D eigenvalue weighted by Crippen LogP contribution is -2.48. The number of nitrogens with zero attached hydrogens (tertiary/aromatic N) is 4. The molecule has 0 unspecified atom stereocenters. The van der Waals surface area contributed by atoms with Crippen LogP contribution in [-0.2, 0) is 11.3 Å². The molecule has 0 saturated heterocycles. The summed E-state index contributed by atoms with van der Waals surface area (Å²) in [5, 5.41) is 10.6. The van der Waals surface area contributed by atoms with Gasteiger partial charge >= 0.3 is 0 Å². The molecule has 0 aliphatic heterocycles. The fourth-order valence-corrected chi connectivity index (χ4v) is 2.78. The Balaban J connectivity index is 1.72. The van der Waals surface area contributed by atoms with Crippen LogP contribution in [0.1, 0.15) is 39.0 Å². The molecule has 1 amide bonds. The third-order valence-electron chi connectivity index (χ3n) is 4.25. The van der Waals surface area contributed by atoms with Crippen LogP contribution < -0.4 is 5.32 Å². The maximum absolute atomic E-state index is 12.2. The van der Waals surface area contributed by atoms with Crippen molar-refractivity contribution in [3.63, 3.8) is 0 Å². The third-order valence-corrected chi connectivity index (χ3v) is 4.25. The van der Waals surface area contributed by atoms with E-state index in [0.29, 0.717) is 19.1 Å². The second-order valence-corrected chi connectivity index (χ2v) is 5.59. The maximum atomic E-state index is 12.2. The van der Waals surface area contributed by atoms with Crippen molar-refractivity contribution in [2.45, 2.75) is 57.7 Å². The Morgan fingerprint density at radius 2 is 2.20 bits per heavy atom. The molecule has 0 spiro atoms. The van der Waals surface area contributed by atoms with Gasteiger partial charge in [0.05, 0.1) is 18.8 Å². The number of hydrogen-bond donors (Lipinski definition) is 1. The summed E-state index contributed by atoms with van der Waals surface area (Å²) < 4.78 is 1.72. The summed E-state index contributed by atoms with van der Waals surface area (Å²) in [6.45, 7) is 3.23. The van der Waals surface area contributed by atoms with Crippen molar-refractivity contribution in [3.8, 4) is 0 Å². The van der Waals surface area contributed by atoms with E-state index < -0.39 is 0 Å². The van der Waals surface area contributed by atoms with Crippen molar-refractivity contribution in [3.05, 3.63) is 12.4 Å². The first-order chi connectivity index (χ1) is 9.68. The number of nitrogens with one attached hydrogen (secondary N) is 1. The largest absolute Gasteiger partial charge is 0.353 e. The lowest BCUT2D eigenvalue weighted by Gasteiger charge is -2.34. The van der Waals surface area contributed by atoms with Crippen LogP contribution in [0.5, 0.6) is 0 Å². The zero-order chi connectivity index (χ0) is 14.4. The van der Waals surface area contributed by atoms with Gasteiger partial charge in [0.2, 0.25) is 5.91 Å². The number of carbonyl (C=O) groups is 1. The molecule has 1 N–H and O–H groups in total. The van der Waals surface area contributed by atoms with Gasteiger partial charge in [-0.15, -0.1) is 5.10 Å². The Kier molecular flexibility index (Phi) is 5.52. The third kappa shape index (κ3) is 4.03. The molecule has 0 radical (unpaired) electrons. The molecule has 1 atom stereocenters. The van der Waals surface area contributed by atoms with Crippen molar-refractivity contribution in [1.29, 1.82) is 0 Å². The highest BCUT2D eigenvalue weighted by molar-refractivity contribution is 5.81. The van der Waals surface area contributed by atoms with Gasteiger partial charge in [0.15, 0.2) is 0 Å². The van der Waals surface area contributed by atoms with E-state index in [2.05, 4.69) is 27.6 Å². The lowest BCUT2D eigenvalue weighted by molar-refractivity contribution is -0.126. The van der Waals surface area contributed by atoms with Crippen LogP contribution in [0.3, 0.4) is 0 Å². The Bertz CT molecular complexity index is 400. The molecule has 2 rings (SSSR count). The Hall–Kier alpha value is -1.43. The summed E-state index contributed by atoms with van der Waals surface area (Å²) >= 11 is 0. The minimum absolute atomic E-state index is 0.0751. The first-order valence-corrected chi connectivity index (χ1v) is 7.52. The molecule has 1 aromatic heterocycles. The van der Waals surface area contributed by atoms with Crippen molar-refractivity contribution in [1.82, 2.24) is 25.2 Å². The monoisotopic (exact) mass is 279 g/mol. The zero-order valence-electron chi connectivity index (χ0n) is 12.5. The van der Waals surface area contributed by atoms with Gasteiger partial charge in [0, 0.05) is 18.8 Å².